The highest BCUT2D eigenvalue weighted by molar-refractivity contribution is 5.87. The van der Waals surface area contributed by atoms with Crippen molar-refractivity contribution < 1.29 is 4.79 Å². The second-order valence-corrected chi connectivity index (χ2v) is 4.20. The van der Waals surface area contributed by atoms with Crippen molar-refractivity contribution in [1.29, 1.82) is 0 Å². The van der Waals surface area contributed by atoms with E-state index in [4.69, 9.17) is 0 Å². The van der Waals surface area contributed by atoms with Crippen LogP contribution in [0.2, 0.25) is 0 Å². The van der Waals surface area contributed by atoms with Crippen LogP contribution in [0.4, 0.5) is 0 Å². The van der Waals surface area contributed by atoms with Crippen LogP contribution in [-0.4, -0.2) is 29.6 Å². The van der Waals surface area contributed by atoms with Crippen molar-refractivity contribution in [2.45, 2.75) is 26.8 Å². The van der Waals surface area contributed by atoms with Crippen molar-refractivity contribution >= 4 is 12.0 Å². The van der Waals surface area contributed by atoms with Gasteiger partial charge in [0.2, 0.25) is 0 Å². The number of pyridine rings is 1. The van der Waals surface area contributed by atoms with Gasteiger partial charge in [-0.15, -0.1) is 0 Å². The van der Waals surface area contributed by atoms with E-state index < -0.39 is 0 Å². The van der Waals surface area contributed by atoms with Gasteiger partial charge in [0.1, 0.15) is 0 Å². The van der Waals surface area contributed by atoms with Gasteiger partial charge in [0, 0.05) is 24.7 Å². The summed E-state index contributed by atoms with van der Waals surface area (Å²) >= 11 is 0. The van der Waals surface area contributed by atoms with Gasteiger partial charge in [-0.25, -0.2) is 0 Å². The molecule has 1 unspecified atom stereocenters. The summed E-state index contributed by atoms with van der Waals surface area (Å²) in [7, 11) is 0. The number of rotatable bonds is 6. The number of carbonyl (C=O) groups excluding carboxylic acids is 1. The molecule has 18 heavy (non-hydrogen) atoms. The van der Waals surface area contributed by atoms with Crippen molar-refractivity contribution in [3.63, 3.8) is 0 Å². The van der Waals surface area contributed by atoms with Crippen molar-refractivity contribution in [3.8, 4) is 0 Å². The zero-order valence-corrected chi connectivity index (χ0v) is 11.1. The van der Waals surface area contributed by atoms with Crippen LogP contribution in [0.3, 0.4) is 0 Å². The smallest absolute Gasteiger partial charge is 0.154 e. The molecule has 1 aromatic heterocycles. The van der Waals surface area contributed by atoms with Crippen molar-refractivity contribution in [2.75, 3.05) is 6.54 Å². The lowest BCUT2D eigenvalue weighted by molar-refractivity contribution is -0.112. The third-order valence-electron chi connectivity index (χ3n) is 2.25. The monoisotopic (exact) mass is 245 g/mol. The van der Waals surface area contributed by atoms with E-state index in [1.807, 2.05) is 32.0 Å². The highest BCUT2D eigenvalue weighted by atomic mass is 16.1. The normalized spacial score (nSPS) is 13.6. The molecule has 0 fully saturated rings. The number of carbonyl (C=O) groups is 1. The fraction of sp³-hybridized carbons (Fsp3) is 0.357. The van der Waals surface area contributed by atoms with Crippen LogP contribution in [0.25, 0.3) is 0 Å². The molecule has 1 N–H and O–H groups in total. The Bertz CT molecular complexity index is 438. The number of nitrogens with zero attached hydrogens (tertiary/aromatic N) is 2. The summed E-state index contributed by atoms with van der Waals surface area (Å²) in [5.74, 6) is 0.0460. The van der Waals surface area contributed by atoms with Gasteiger partial charge in [0.05, 0.1) is 11.7 Å². The lowest BCUT2D eigenvalue weighted by Gasteiger charge is -2.09. The molecule has 0 aliphatic heterocycles. The molecule has 1 aromatic rings. The third kappa shape index (κ3) is 5.94. The fourth-order valence-electron chi connectivity index (χ4n) is 1.37. The Hall–Kier alpha value is -1.97. The first kappa shape index (κ1) is 14.1. The van der Waals surface area contributed by atoms with Crippen molar-refractivity contribution in [2.24, 2.45) is 4.99 Å². The Labute approximate surface area is 108 Å². The first-order valence-electron chi connectivity index (χ1n) is 5.95. The molecule has 1 atom stereocenters. The number of aliphatic imine (C=N–C) groups is 1. The Kier molecular flexibility index (Phi) is 5.77. The van der Waals surface area contributed by atoms with Gasteiger partial charge < -0.3 is 5.32 Å². The molecule has 0 saturated carbocycles. The van der Waals surface area contributed by atoms with E-state index in [9.17, 15) is 4.79 Å². The summed E-state index contributed by atoms with van der Waals surface area (Å²) in [6, 6.07) is 5.84. The number of allylic oxidation sites excluding steroid dienone is 2. The highest BCUT2D eigenvalue weighted by Crippen LogP contribution is 1.94. The van der Waals surface area contributed by atoms with E-state index in [1.165, 1.54) is 6.92 Å². The van der Waals surface area contributed by atoms with E-state index in [2.05, 4.69) is 15.3 Å². The topological polar surface area (TPSA) is 54.4 Å². The molecule has 1 rings (SSSR count). The van der Waals surface area contributed by atoms with Crippen LogP contribution in [-0.2, 0) is 4.79 Å². The zero-order valence-electron chi connectivity index (χ0n) is 11.1. The van der Waals surface area contributed by atoms with Gasteiger partial charge in [-0.05, 0) is 39.0 Å². The van der Waals surface area contributed by atoms with Gasteiger partial charge in [0.25, 0.3) is 0 Å². The molecule has 0 saturated heterocycles. The summed E-state index contributed by atoms with van der Waals surface area (Å²) < 4.78 is 0. The van der Waals surface area contributed by atoms with Gasteiger partial charge in [-0.1, -0.05) is 6.07 Å². The second-order valence-electron chi connectivity index (χ2n) is 4.20. The van der Waals surface area contributed by atoms with Crippen molar-refractivity contribution in [3.05, 3.63) is 41.9 Å². The van der Waals surface area contributed by atoms with Gasteiger partial charge in [-0.2, -0.15) is 0 Å². The lowest BCUT2D eigenvalue weighted by Crippen LogP contribution is -2.22. The molecule has 4 nitrogen and oxygen atoms in total. The van der Waals surface area contributed by atoms with Crippen LogP contribution in [0.5, 0.6) is 0 Å². The zero-order chi connectivity index (χ0) is 13.4. The SMILES string of the molecule is CC(=O)/C=C(\C)NCC(C)N=Cc1ccccn1. The average molecular weight is 245 g/mol. The second kappa shape index (κ2) is 7.37. The molecule has 0 aromatic carbocycles. The van der Waals surface area contributed by atoms with Crippen LogP contribution in [0, 0.1) is 0 Å². The first-order chi connectivity index (χ1) is 8.58. The standard InChI is InChI=1S/C14H19N3O/c1-11(8-13(3)18)16-9-12(2)17-10-14-6-4-5-7-15-14/h4-8,10,12,16H,9H2,1-3H3/b11-8+,17-10?. The third-order valence-corrected chi connectivity index (χ3v) is 2.25. The number of hydrogen-bond donors (Lipinski definition) is 1. The van der Waals surface area contributed by atoms with E-state index in [0.717, 1.165) is 11.4 Å². The summed E-state index contributed by atoms with van der Waals surface area (Å²) in [6.07, 6.45) is 5.08. The molecule has 4 heteroatoms. The number of hydrogen-bond acceptors (Lipinski definition) is 4. The molecule has 0 amide bonds. The van der Waals surface area contributed by atoms with Crippen molar-refractivity contribution in [1.82, 2.24) is 10.3 Å². The summed E-state index contributed by atoms with van der Waals surface area (Å²) in [5.41, 5.74) is 1.71. The van der Waals surface area contributed by atoms with Crippen LogP contribution in [0.1, 0.15) is 26.5 Å². The van der Waals surface area contributed by atoms with Gasteiger partial charge >= 0.3 is 0 Å². The number of ketones is 1. The van der Waals surface area contributed by atoms with Crippen LogP contribution >= 0.6 is 0 Å². The van der Waals surface area contributed by atoms with E-state index in [-0.39, 0.29) is 11.8 Å². The van der Waals surface area contributed by atoms with Crippen LogP contribution in [0.15, 0.2) is 41.2 Å². The minimum absolute atomic E-state index is 0.0460. The Morgan fingerprint density at radius 3 is 2.89 bits per heavy atom. The quantitative estimate of drug-likeness (QED) is 0.616. The highest BCUT2D eigenvalue weighted by Gasteiger charge is 1.98. The summed E-state index contributed by atoms with van der Waals surface area (Å²) in [6.45, 7) is 6.11. The summed E-state index contributed by atoms with van der Waals surface area (Å²) in [4.78, 5) is 19.4. The minimum atomic E-state index is 0.0460. The largest absolute Gasteiger partial charge is 0.386 e. The lowest BCUT2D eigenvalue weighted by atomic mass is 10.3. The fourth-order valence-corrected chi connectivity index (χ4v) is 1.37. The Balaban J connectivity index is 2.40. The maximum Gasteiger partial charge on any atom is 0.154 e. The number of nitrogens with one attached hydrogen (secondary N) is 1. The maximum atomic E-state index is 10.9. The van der Waals surface area contributed by atoms with Gasteiger partial charge in [0.15, 0.2) is 5.78 Å². The average Bonchev–Trinajstić information content (AvgIpc) is 2.34. The molecular weight excluding hydrogens is 226 g/mol. The van der Waals surface area contributed by atoms with E-state index in [1.54, 1.807) is 18.5 Å². The predicted molar refractivity (Wildman–Crippen MR) is 73.7 cm³/mol. The minimum Gasteiger partial charge on any atom is -0.386 e. The molecule has 96 valence electrons. The van der Waals surface area contributed by atoms with Crippen LogP contribution < -0.4 is 5.32 Å². The molecule has 0 aliphatic rings. The Morgan fingerprint density at radius 1 is 1.50 bits per heavy atom. The molecule has 0 aliphatic carbocycles. The summed E-state index contributed by atoms with van der Waals surface area (Å²) in [5, 5.41) is 3.16. The van der Waals surface area contributed by atoms with E-state index >= 15 is 0 Å². The number of aromatic nitrogens is 1. The molecule has 0 radical (unpaired) electrons. The van der Waals surface area contributed by atoms with Gasteiger partial charge in [-0.3, -0.25) is 14.8 Å². The predicted octanol–water partition coefficient (Wildman–Crippen LogP) is 1.97. The van der Waals surface area contributed by atoms with E-state index in [0.29, 0.717) is 6.54 Å². The maximum absolute atomic E-state index is 10.9. The molecule has 0 spiro atoms. The first-order valence-corrected chi connectivity index (χ1v) is 5.95. The molecular formula is C14H19N3O. The molecule has 0 bridgehead atoms. The molecule has 1 heterocycles. The Morgan fingerprint density at radius 2 is 2.28 bits per heavy atom.